The number of nitrogens with one attached hydrogen (secondary N) is 1. The van der Waals surface area contributed by atoms with Gasteiger partial charge in [-0.3, -0.25) is 4.79 Å². The Bertz CT molecular complexity index is 1090. The van der Waals surface area contributed by atoms with Gasteiger partial charge in [-0.2, -0.15) is 0 Å². The van der Waals surface area contributed by atoms with Crippen LogP contribution in [0.15, 0.2) is 48.5 Å². The number of piperazine rings is 1. The summed E-state index contributed by atoms with van der Waals surface area (Å²) in [5, 5.41) is 3.73. The highest BCUT2D eigenvalue weighted by atomic mass is 16.6. The van der Waals surface area contributed by atoms with Crippen LogP contribution in [0.1, 0.15) is 60.8 Å². The Morgan fingerprint density at radius 3 is 2.37 bits per heavy atom. The van der Waals surface area contributed by atoms with Crippen molar-refractivity contribution in [2.75, 3.05) is 45.1 Å². The van der Waals surface area contributed by atoms with Gasteiger partial charge in [-0.1, -0.05) is 30.3 Å². The van der Waals surface area contributed by atoms with Crippen molar-refractivity contribution in [1.29, 1.82) is 0 Å². The maximum absolute atomic E-state index is 13.4. The minimum absolute atomic E-state index is 0.0597. The van der Waals surface area contributed by atoms with Gasteiger partial charge in [0.05, 0.1) is 12.1 Å². The fourth-order valence-corrected chi connectivity index (χ4v) is 5.62. The van der Waals surface area contributed by atoms with Gasteiger partial charge in [0.2, 0.25) is 0 Å². The molecule has 7 heteroatoms. The molecule has 5 rings (SSSR count). The van der Waals surface area contributed by atoms with Crippen LogP contribution < -0.4 is 5.32 Å². The third-order valence-electron chi connectivity index (χ3n) is 7.38. The first kappa shape index (κ1) is 23.7. The average molecular weight is 477 g/mol. The van der Waals surface area contributed by atoms with Gasteiger partial charge < -0.3 is 24.8 Å². The molecule has 0 aromatic heterocycles. The summed E-state index contributed by atoms with van der Waals surface area (Å²) in [4.78, 5) is 32.7. The molecule has 3 atom stereocenters. The molecule has 0 bridgehead atoms. The van der Waals surface area contributed by atoms with Crippen LogP contribution in [-0.4, -0.2) is 72.1 Å². The Balaban J connectivity index is 1.50. The Hall–Kier alpha value is -3.06. The summed E-state index contributed by atoms with van der Waals surface area (Å²) < 4.78 is 5.80. The lowest BCUT2D eigenvalue weighted by Gasteiger charge is -2.40. The number of fused-ring (bicyclic) bond motifs is 3. The molecule has 7 nitrogen and oxygen atoms in total. The topological polar surface area (TPSA) is 65.1 Å². The fourth-order valence-electron chi connectivity index (χ4n) is 5.62. The molecule has 0 spiro atoms. The van der Waals surface area contributed by atoms with E-state index >= 15 is 0 Å². The highest BCUT2D eigenvalue weighted by molar-refractivity contribution is 5.95. The molecule has 0 radical (unpaired) electrons. The van der Waals surface area contributed by atoms with Gasteiger partial charge in [-0.25, -0.2) is 4.79 Å². The molecule has 1 unspecified atom stereocenters. The van der Waals surface area contributed by atoms with Gasteiger partial charge in [-0.05, 0) is 63.6 Å². The number of hydrogen-bond donors (Lipinski definition) is 1. The molecule has 1 N–H and O–H groups in total. The molecule has 186 valence electrons. The van der Waals surface area contributed by atoms with E-state index in [-0.39, 0.29) is 30.0 Å². The van der Waals surface area contributed by atoms with Gasteiger partial charge in [0.25, 0.3) is 5.91 Å². The Kier molecular flexibility index (Phi) is 6.21. The first-order valence-corrected chi connectivity index (χ1v) is 12.6. The second kappa shape index (κ2) is 9.19. The van der Waals surface area contributed by atoms with Gasteiger partial charge in [0, 0.05) is 49.9 Å². The number of rotatable bonds is 2. The van der Waals surface area contributed by atoms with E-state index in [1.165, 1.54) is 5.56 Å². The van der Waals surface area contributed by atoms with E-state index in [4.69, 9.17) is 4.74 Å². The molecule has 2 saturated heterocycles. The molecule has 3 aliphatic heterocycles. The van der Waals surface area contributed by atoms with Gasteiger partial charge >= 0.3 is 6.09 Å². The van der Waals surface area contributed by atoms with E-state index in [1.54, 1.807) is 0 Å². The van der Waals surface area contributed by atoms with Gasteiger partial charge in [-0.15, -0.1) is 0 Å². The highest BCUT2D eigenvalue weighted by Crippen LogP contribution is 2.51. The molecule has 3 aliphatic rings. The number of likely N-dealkylation sites (N-methyl/N-ethyl adjacent to an activating group) is 1. The van der Waals surface area contributed by atoms with Crippen LogP contribution in [0.2, 0.25) is 0 Å². The van der Waals surface area contributed by atoms with Crippen molar-refractivity contribution >= 4 is 17.7 Å². The number of carbonyl (C=O) groups is 2. The van der Waals surface area contributed by atoms with Crippen molar-refractivity contribution < 1.29 is 14.3 Å². The first-order valence-electron chi connectivity index (χ1n) is 12.6. The Labute approximate surface area is 208 Å². The van der Waals surface area contributed by atoms with Crippen LogP contribution in [0, 0.1) is 5.92 Å². The average Bonchev–Trinajstić information content (AvgIpc) is 3.29. The number of anilines is 1. The van der Waals surface area contributed by atoms with Crippen molar-refractivity contribution in [3.05, 3.63) is 65.2 Å². The maximum atomic E-state index is 13.4. The van der Waals surface area contributed by atoms with E-state index in [1.807, 2.05) is 54.8 Å². The number of likely N-dealkylation sites (tertiary alicyclic amines) is 1. The molecule has 2 fully saturated rings. The van der Waals surface area contributed by atoms with E-state index in [0.29, 0.717) is 12.1 Å². The number of benzene rings is 2. The van der Waals surface area contributed by atoms with Crippen molar-refractivity contribution in [3.63, 3.8) is 0 Å². The van der Waals surface area contributed by atoms with Crippen LogP contribution in [0.3, 0.4) is 0 Å². The predicted molar refractivity (Wildman–Crippen MR) is 136 cm³/mol. The standard InChI is InChI=1S/C28H36N4O3/c1-28(2,3)35-27(34)32-13-12-21-24(19-8-6-5-7-9-19)29-23-11-10-20(18-22(23)25(21)32)26(33)31-16-14-30(4)15-17-31/h5-11,18,21,24-25,29H,12-17H2,1-4H3/t21-,24?,25-/m0/s1. The predicted octanol–water partition coefficient (Wildman–Crippen LogP) is 4.54. The molecular formula is C28H36N4O3. The lowest BCUT2D eigenvalue weighted by molar-refractivity contribution is 0.0198. The summed E-state index contributed by atoms with van der Waals surface area (Å²) in [7, 11) is 2.08. The molecule has 2 aromatic rings. The SMILES string of the molecule is CN1CCN(C(=O)c2ccc3c(c2)[C@@H]2[C@@H](CCN2C(=O)OC(C)(C)C)C(c2ccccc2)N3)CC1. The number of ether oxygens (including phenoxy) is 1. The fraction of sp³-hybridized carbons (Fsp3) is 0.500. The summed E-state index contributed by atoms with van der Waals surface area (Å²) in [5.41, 5.74) is 3.30. The first-order chi connectivity index (χ1) is 16.7. The summed E-state index contributed by atoms with van der Waals surface area (Å²) in [6.07, 6.45) is 0.576. The van der Waals surface area contributed by atoms with E-state index in [9.17, 15) is 9.59 Å². The van der Waals surface area contributed by atoms with Crippen LogP contribution >= 0.6 is 0 Å². The highest BCUT2D eigenvalue weighted by Gasteiger charge is 2.47. The van der Waals surface area contributed by atoms with Crippen molar-refractivity contribution in [2.45, 2.75) is 44.9 Å². The zero-order valence-corrected chi connectivity index (χ0v) is 21.2. The largest absolute Gasteiger partial charge is 0.444 e. The van der Waals surface area contributed by atoms with Crippen molar-refractivity contribution in [3.8, 4) is 0 Å². The second-order valence-corrected chi connectivity index (χ2v) is 11.0. The minimum Gasteiger partial charge on any atom is -0.444 e. The van der Waals surface area contributed by atoms with Gasteiger partial charge in [0.15, 0.2) is 0 Å². The van der Waals surface area contributed by atoms with Crippen LogP contribution in [0.25, 0.3) is 0 Å². The summed E-state index contributed by atoms with van der Waals surface area (Å²) in [6, 6.07) is 16.3. The number of amides is 2. The molecule has 0 aliphatic carbocycles. The number of nitrogens with zero attached hydrogens (tertiary/aromatic N) is 3. The van der Waals surface area contributed by atoms with Crippen molar-refractivity contribution in [1.82, 2.24) is 14.7 Å². The summed E-state index contributed by atoms with van der Waals surface area (Å²) in [5.74, 6) is 0.246. The lowest BCUT2D eigenvalue weighted by Crippen LogP contribution is -2.47. The second-order valence-electron chi connectivity index (χ2n) is 11.0. The third kappa shape index (κ3) is 4.74. The maximum Gasteiger partial charge on any atom is 0.410 e. The third-order valence-corrected chi connectivity index (χ3v) is 7.38. The molecule has 3 heterocycles. The van der Waals surface area contributed by atoms with E-state index in [2.05, 4.69) is 41.5 Å². The number of carbonyl (C=O) groups excluding carboxylic acids is 2. The van der Waals surface area contributed by atoms with E-state index < -0.39 is 5.60 Å². The molecule has 35 heavy (non-hydrogen) atoms. The summed E-state index contributed by atoms with van der Waals surface area (Å²) in [6.45, 7) is 9.55. The van der Waals surface area contributed by atoms with Crippen LogP contribution in [0.5, 0.6) is 0 Å². The minimum atomic E-state index is -0.566. The smallest absolute Gasteiger partial charge is 0.410 e. The van der Waals surface area contributed by atoms with E-state index in [0.717, 1.165) is 43.9 Å². The Morgan fingerprint density at radius 2 is 1.69 bits per heavy atom. The normalized spacial score (nSPS) is 24.4. The number of hydrogen-bond acceptors (Lipinski definition) is 5. The molecular weight excluding hydrogens is 440 g/mol. The molecule has 2 amide bonds. The van der Waals surface area contributed by atoms with Crippen LogP contribution in [-0.2, 0) is 4.74 Å². The summed E-state index contributed by atoms with van der Waals surface area (Å²) >= 11 is 0. The van der Waals surface area contributed by atoms with Gasteiger partial charge in [0.1, 0.15) is 5.60 Å². The molecule has 2 aromatic carbocycles. The quantitative estimate of drug-likeness (QED) is 0.690. The Morgan fingerprint density at radius 1 is 0.971 bits per heavy atom. The monoisotopic (exact) mass is 476 g/mol. The molecule has 0 saturated carbocycles. The van der Waals surface area contributed by atoms with Crippen LogP contribution in [0.4, 0.5) is 10.5 Å². The lowest BCUT2D eigenvalue weighted by atomic mass is 9.79. The van der Waals surface area contributed by atoms with Crippen molar-refractivity contribution in [2.24, 2.45) is 5.92 Å². The zero-order chi connectivity index (χ0) is 24.7. The zero-order valence-electron chi connectivity index (χ0n) is 21.2.